The van der Waals surface area contributed by atoms with E-state index >= 15 is 0 Å². The van der Waals surface area contributed by atoms with Gasteiger partial charge in [-0.2, -0.15) is 0 Å². The molecule has 3 heterocycles. The van der Waals surface area contributed by atoms with E-state index in [1.165, 1.54) is 0 Å². The molecule has 108 valence electrons. The zero-order valence-corrected chi connectivity index (χ0v) is 13.0. The molecular weight excluding hydrogens is 320 g/mol. The summed E-state index contributed by atoms with van der Waals surface area (Å²) in [5.41, 5.74) is 0. The minimum absolute atomic E-state index is 0.0729. The van der Waals surface area contributed by atoms with Crippen LogP contribution in [0.5, 0.6) is 0 Å². The van der Waals surface area contributed by atoms with E-state index in [4.69, 9.17) is 0 Å². The summed E-state index contributed by atoms with van der Waals surface area (Å²) in [6.07, 6.45) is 3.91. The molecule has 1 aromatic heterocycles. The van der Waals surface area contributed by atoms with Gasteiger partial charge in [0.2, 0.25) is 5.91 Å². The van der Waals surface area contributed by atoms with Gasteiger partial charge in [0, 0.05) is 43.4 Å². The summed E-state index contributed by atoms with van der Waals surface area (Å²) in [4.78, 5) is 20.9. The van der Waals surface area contributed by atoms with Crippen molar-refractivity contribution < 1.29 is 4.79 Å². The zero-order valence-electron chi connectivity index (χ0n) is 11.4. The Morgan fingerprint density at radius 1 is 1.25 bits per heavy atom. The van der Waals surface area contributed by atoms with Crippen LogP contribution in [-0.2, 0) is 4.79 Å². The van der Waals surface area contributed by atoms with Gasteiger partial charge in [0.1, 0.15) is 5.82 Å². The molecule has 0 bridgehead atoms. The number of nitrogens with zero attached hydrogens (tertiary/aromatic N) is 3. The maximum absolute atomic E-state index is 11.9. The Bertz CT molecular complexity index is 471. The van der Waals surface area contributed by atoms with E-state index in [1.54, 1.807) is 0 Å². The molecule has 1 N–H and O–H groups in total. The van der Waals surface area contributed by atoms with Gasteiger partial charge in [0.15, 0.2) is 0 Å². The van der Waals surface area contributed by atoms with Crippen LogP contribution in [0.25, 0.3) is 0 Å². The van der Waals surface area contributed by atoms with Gasteiger partial charge in [0.05, 0.1) is 6.04 Å². The number of pyridine rings is 1. The molecule has 6 heteroatoms. The molecule has 20 heavy (non-hydrogen) atoms. The Morgan fingerprint density at radius 2 is 2.05 bits per heavy atom. The molecule has 2 aliphatic heterocycles. The molecule has 0 aromatic carbocycles. The van der Waals surface area contributed by atoms with Crippen molar-refractivity contribution in [1.82, 2.24) is 15.2 Å². The van der Waals surface area contributed by atoms with E-state index < -0.39 is 0 Å². The topological polar surface area (TPSA) is 48.5 Å². The van der Waals surface area contributed by atoms with E-state index in [0.29, 0.717) is 0 Å². The second-order valence-corrected chi connectivity index (χ2v) is 6.22. The maximum atomic E-state index is 11.9. The van der Waals surface area contributed by atoms with Crippen molar-refractivity contribution in [2.75, 3.05) is 37.6 Å². The molecule has 2 saturated heterocycles. The van der Waals surface area contributed by atoms with Crippen LogP contribution in [0.1, 0.15) is 12.8 Å². The van der Waals surface area contributed by atoms with Crippen LogP contribution >= 0.6 is 15.9 Å². The van der Waals surface area contributed by atoms with Crippen LogP contribution in [0, 0.1) is 0 Å². The van der Waals surface area contributed by atoms with Crippen LogP contribution in [0.15, 0.2) is 22.8 Å². The van der Waals surface area contributed by atoms with Gasteiger partial charge in [-0.1, -0.05) is 0 Å². The average molecular weight is 339 g/mol. The summed E-state index contributed by atoms with van der Waals surface area (Å²) in [6.45, 7) is 4.54. The summed E-state index contributed by atoms with van der Waals surface area (Å²) >= 11 is 3.40. The lowest BCUT2D eigenvalue weighted by Crippen LogP contribution is -2.56. The van der Waals surface area contributed by atoms with Crippen molar-refractivity contribution in [2.45, 2.75) is 18.9 Å². The molecule has 1 amide bonds. The summed E-state index contributed by atoms with van der Waals surface area (Å²) in [5.74, 6) is 1.22. The molecule has 0 aliphatic carbocycles. The summed E-state index contributed by atoms with van der Waals surface area (Å²) in [7, 11) is 0. The molecule has 5 nitrogen and oxygen atoms in total. The van der Waals surface area contributed by atoms with Crippen LogP contribution in [0.2, 0.25) is 0 Å². The van der Waals surface area contributed by atoms with Gasteiger partial charge in [-0.15, -0.1) is 0 Å². The number of amides is 1. The fourth-order valence-corrected chi connectivity index (χ4v) is 3.16. The largest absolute Gasteiger partial charge is 0.355 e. The maximum Gasteiger partial charge on any atom is 0.237 e. The predicted octanol–water partition coefficient (Wildman–Crippen LogP) is 1.24. The SMILES string of the molecule is O=C1NCCCC1N1CCN(c2ccc(Br)cn2)CC1. The fourth-order valence-electron chi connectivity index (χ4n) is 2.92. The van der Waals surface area contributed by atoms with Crippen LogP contribution < -0.4 is 10.2 Å². The van der Waals surface area contributed by atoms with Gasteiger partial charge >= 0.3 is 0 Å². The number of hydrogen-bond donors (Lipinski definition) is 1. The molecule has 0 saturated carbocycles. The Labute approximate surface area is 127 Å². The summed E-state index contributed by atoms with van der Waals surface area (Å²) in [6, 6.07) is 4.12. The number of halogens is 1. The van der Waals surface area contributed by atoms with Crippen molar-refractivity contribution >= 4 is 27.7 Å². The third kappa shape index (κ3) is 2.96. The van der Waals surface area contributed by atoms with E-state index in [-0.39, 0.29) is 11.9 Å². The molecule has 1 atom stereocenters. The lowest BCUT2D eigenvalue weighted by atomic mass is 10.0. The quantitative estimate of drug-likeness (QED) is 0.881. The van der Waals surface area contributed by atoms with Crippen LogP contribution in [-0.4, -0.2) is 54.6 Å². The monoisotopic (exact) mass is 338 g/mol. The standard InChI is InChI=1S/C14H19BrN4O/c15-11-3-4-13(17-10-11)19-8-6-18(7-9-19)12-2-1-5-16-14(12)20/h3-4,10,12H,1-2,5-9H2,(H,16,20). The van der Waals surface area contributed by atoms with Crippen molar-refractivity contribution in [3.05, 3.63) is 22.8 Å². The molecule has 0 radical (unpaired) electrons. The highest BCUT2D eigenvalue weighted by Gasteiger charge is 2.30. The summed E-state index contributed by atoms with van der Waals surface area (Å²) < 4.78 is 0.999. The number of piperidine rings is 1. The van der Waals surface area contributed by atoms with E-state index in [1.807, 2.05) is 18.3 Å². The normalized spacial score (nSPS) is 24.6. The Hall–Kier alpha value is -1.14. The smallest absolute Gasteiger partial charge is 0.237 e. The van der Waals surface area contributed by atoms with E-state index in [2.05, 4.69) is 36.0 Å². The lowest BCUT2D eigenvalue weighted by Gasteiger charge is -2.40. The van der Waals surface area contributed by atoms with Crippen molar-refractivity contribution in [1.29, 1.82) is 0 Å². The first kappa shape index (κ1) is 13.8. The summed E-state index contributed by atoms with van der Waals surface area (Å²) in [5, 5.41) is 2.97. The number of rotatable bonds is 2. The fraction of sp³-hybridized carbons (Fsp3) is 0.571. The number of anilines is 1. The molecule has 2 fully saturated rings. The molecular formula is C14H19BrN4O. The van der Waals surface area contributed by atoms with Crippen LogP contribution in [0.3, 0.4) is 0 Å². The second kappa shape index (κ2) is 6.10. The number of carbonyl (C=O) groups excluding carboxylic acids is 1. The lowest BCUT2D eigenvalue weighted by molar-refractivity contribution is -0.128. The molecule has 3 rings (SSSR count). The first-order valence-electron chi connectivity index (χ1n) is 7.12. The number of nitrogens with one attached hydrogen (secondary N) is 1. The average Bonchev–Trinajstić information content (AvgIpc) is 2.49. The first-order valence-corrected chi connectivity index (χ1v) is 7.91. The number of hydrogen-bond acceptors (Lipinski definition) is 4. The van der Waals surface area contributed by atoms with E-state index in [9.17, 15) is 4.79 Å². The minimum atomic E-state index is 0.0729. The van der Waals surface area contributed by atoms with Gasteiger partial charge < -0.3 is 10.2 Å². The minimum Gasteiger partial charge on any atom is -0.355 e. The molecule has 0 spiro atoms. The second-order valence-electron chi connectivity index (χ2n) is 5.31. The van der Waals surface area contributed by atoms with Gasteiger partial charge in [-0.3, -0.25) is 9.69 Å². The third-order valence-corrected chi connectivity index (χ3v) is 4.52. The Kier molecular flexibility index (Phi) is 4.21. The van der Waals surface area contributed by atoms with Crippen molar-refractivity contribution in [3.8, 4) is 0 Å². The van der Waals surface area contributed by atoms with E-state index in [0.717, 1.165) is 55.9 Å². The van der Waals surface area contributed by atoms with Gasteiger partial charge in [0.25, 0.3) is 0 Å². The molecule has 1 unspecified atom stereocenters. The third-order valence-electron chi connectivity index (χ3n) is 4.05. The molecule has 1 aromatic rings. The highest BCUT2D eigenvalue weighted by Crippen LogP contribution is 2.19. The highest BCUT2D eigenvalue weighted by atomic mass is 79.9. The van der Waals surface area contributed by atoms with Crippen molar-refractivity contribution in [3.63, 3.8) is 0 Å². The highest BCUT2D eigenvalue weighted by molar-refractivity contribution is 9.10. The van der Waals surface area contributed by atoms with Gasteiger partial charge in [-0.25, -0.2) is 4.98 Å². The number of piperazine rings is 1. The van der Waals surface area contributed by atoms with Gasteiger partial charge in [-0.05, 0) is 40.9 Å². The van der Waals surface area contributed by atoms with Crippen LogP contribution in [0.4, 0.5) is 5.82 Å². The van der Waals surface area contributed by atoms with Crippen molar-refractivity contribution in [2.24, 2.45) is 0 Å². The number of aromatic nitrogens is 1. The number of carbonyl (C=O) groups is 1. The molecule has 2 aliphatic rings. The predicted molar refractivity (Wildman–Crippen MR) is 81.8 cm³/mol. The Balaban J connectivity index is 1.59. The first-order chi connectivity index (χ1) is 9.74. The zero-order chi connectivity index (χ0) is 13.9. The Morgan fingerprint density at radius 3 is 2.70 bits per heavy atom.